The molecular formula is C17H26O4. The van der Waals surface area contributed by atoms with E-state index in [0.29, 0.717) is 18.8 Å². The van der Waals surface area contributed by atoms with Crippen LogP contribution in [-0.2, 0) is 9.59 Å². The molecule has 2 aliphatic rings. The van der Waals surface area contributed by atoms with Gasteiger partial charge in [-0.1, -0.05) is 25.5 Å². The Bertz CT molecular complexity index is 481. The van der Waals surface area contributed by atoms with Crippen molar-refractivity contribution in [1.82, 2.24) is 0 Å². The number of rotatable bonds is 4. The molecule has 0 aromatic heterocycles. The van der Waals surface area contributed by atoms with Crippen LogP contribution in [0.2, 0.25) is 0 Å². The van der Waals surface area contributed by atoms with Gasteiger partial charge in [0.15, 0.2) is 0 Å². The van der Waals surface area contributed by atoms with Gasteiger partial charge in [0.05, 0.1) is 5.41 Å². The van der Waals surface area contributed by atoms with Crippen LogP contribution in [0.1, 0.15) is 59.3 Å². The van der Waals surface area contributed by atoms with Gasteiger partial charge in [0.2, 0.25) is 0 Å². The molecule has 4 atom stereocenters. The van der Waals surface area contributed by atoms with Crippen LogP contribution in [-0.4, -0.2) is 22.2 Å². The first-order chi connectivity index (χ1) is 9.71. The summed E-state index contributed by atoms with van der Waals surface area (Å²) >= 11 is 0. The van der Waals surface area contributed by atoms with E-state index < -0.39 is 17.4 Å². The third kappa shape index (κ3) is 2.60. The lowest BCUT2D eigenvalue weighted by atomic mass is 9.51. The van der Waals surface area contributed by atoms with Crippen LogP contribution in [0, 0.1) is 22.7 Å². The average Bonchev–Trinajstić information content (AvgIpc) is 2.41. The molecule has 1 saturated carbocycles. The second-order valence-electron chi connectivity index (χ2n) is 7.26. The molecule has 0 aromatic rings. The van der Waals surface area contributed by atoms with Gasteiger partial charge in [0, 0.05) is 6.42 Å². The number of carboxylic acid groups (broad SMARTS) is 2. The van der Waals surface area contributed by atoms with Crippen molar-refractivity contribution in [3.05, 3.63) is 11.6 Å². The van der Waals surface area contributed by atoms with Crippen molar-refractivity contribution >= 4 is 11.9 Å². The fraction of sp³-hybridized carbons (Fsp3) is 0.765. The number of allylic oxidation sites excluding steroid dienone is 2. The zero-order chi connectivity index (χ0) is 15.8. The highest BCUT2D eigenvalue weighted by atomic mass is 16.4. The summed E-state index contributed by atoms with van der Waals surface area (Å²) in [6.45, 7) is 6.17. The maximum Gasteiger partial charge on any atom is 0.309 e. The molecular weight excluding hydrogens is 268 g/mol. The van der Waals surface area contributed by atoms with Crippen molar-refractivity contribution in [2.24, 2.45) is 22.7 Å². The summed E-state index contributed by atoms with van der Waals surface area (Å²) in [5.41, 5.74) is 0.325. The van der Waals surface area contributed by atoms with Gasteiger partial charge in [-0.3, -0.25) is 9.59 Å². The van der Waals surface area contributed by atoms with E-state index in [1.54, 1.807) is 0 Å². The van der Waals surface area contributed by atoms with Crippen LogP contribution < -0.4 is 0 Å². The first kappa shape index (κ1) is 16.1. The number of hydrogen-bond donors (Lipinski definition) is 2. The summed E-state index contributed by atoms with van der Waals surface area (Å²) < 4.78 is 0. The van der Waals surface area contributed by atoms with E-state index in [4.69, 9.17) is 5.11 Å². The van der Waals surface area contributed by atoms with Gasteiger partial charge in [0.25, 0.3) is 0 Å². The second kappa shape index (κ2) is 5.47. The third-order valence-corrected chi connectivity index (χ3v) is 6.15. The van der Waals surface area contributed by atoms with Gasteiger partial charge in [-0.05, 0) is 56.3 Å². The number of fused-ring (bicyclic) bond motifs is 1. The van der Waals surface area contributed by atoms with E-state index in [0.717, 1.165) is 19.3 Å². The van der Waals surface area contributed by atoms with Crippen LogP contribution in [0.15, 0.2) is 11.6 Å². The summed E-state index contributed by atoms with van der Waals surface area (Å²) in [6, 6.07) is 0. The topological polar surface area (TPSA) is 74.6 Å². The maximum absolute atomic E-state index is 11.8. The lowest BCUT2D eigenvalue weighted by Crippen LogP contribution is -2.47. The summed E-state index contributed by atoms with van der Waals surface area (Å²) in [4.78, 5) is 22.7. The smallest absolute Gasteiger partial charge is 0.309 e. The Morgan fingerprint density at radius 2 is 1.95 bits per heavy atom. The maximum atomic E-state index is 11.8. The highest BCUT2D eigenvalue weighted by Crippen LogP contribution is 2.58. The molecule has 0 spiro atoms. The molecule has 0 radical (unpaired) electrons. The van der Waals surface area contributed by atoms with E-state index in [1.165, 1.54) is 5.57 Å². The molecule has 118 valence electrons. The molecule has 2 N–H and O–H groups in total. The molecule has 0 aliphatic heterocycles. The summed E-state index contributed by atoms with van der Waals surface area (Å²) in [6.07, 6.45) is 6.28. The Morgan fingerprint density at radius 1 is 1.29 bits per heavy atom. The molecule has 2 aliphatic carbocycles. The van der Waals surface area contributed by atoms with Crippen LogP contribution in [0.4, 0.5) is 0 Å². The molecule has 1 fully saturated rings. The number of carbonyl (C=O) groups is 2. The van der Waals surface area contributed by atoms with E-state index in [9.17, 15) is 14.7 Å². The number of hydrogen-bond acceptors (Lipinski definition) is 2. The molecule has 4 unspecified atom stereocenters. The van der Waals surface area contributed by atoms with Gasteiger partial charge in [0.1, 0.15) is 0 Å². The number of carboxylic acids is 2. The van der Waals surface area contributed by atoms with Crippen LogP contribution in [0.3, 0.4) is 0 Å². The van der Waals surface area contributed by atoms with Crippen molar-refractivity contribution in [1.29, 1.82) is 0 Å². The van der Waals surface area contributed by atoms with E-state index in [1.807, 2.05) is 6.92 Å². The van der Waals surface area contributed by atoms with Gasteiger partial charge >= 0.3 is 11.9 Å². The molecule has 0 aromatic carbocycles. The first-order valence-corrected chi connectivity index (χ1v) is 7.87. The molecule has 4 nitrogen and oxygen atoms in total. The summed E-state index contributed by atoms with van der Waals surface area (Å²) in [7, 11) is 0. The Morgan fingerprint density at radius 3 is 2.52 bits per heavy atom. The summed E-state index contributed by atoms with van der Waals surface area (Å²) in [5.74, 6) is -1.04. The highest BCUT2D eigenvalue weighted by Gasteiger charge is 2.52. The summed E-state index contributed by atoms with van der Waals surface area (Å²) in [5, 5.41) is 18.7. The SMILES string of the molecule is CC1CCC2C(=CCCC2(C)C(=O)O)C1(C)CCC(=O)O. The molecule has 4 heteroatoms. The molecule has 2 rings (SSSR count). The minimum absolute atomic E-state index is 0.0544. The van der Waals surface area contributed by atoms with Crippen molar-refractivity contribution in [2.45, 2.75) is 59.3 Å². The molecule has 21 heavy (non-hydrogen) atoms. The van der Waals surface area contributed by atoms with Crippen LogP contribution >= 0.6 is 0 Å². The Labute approximate surface area is 126 Å². The predicted molar refractivity (Wildman–Crippen MR) is 79.9 cm³/mol. The van der Waals surface area contributed by atoms with E-state index in [2.05, 4.69) is 19.9 Å². The van der Waals surface area contributed by atoms with Crippen molar-refractivity contribution < 1.29 is 19.8 Å². The predicted octanol–water partition coefficient (Wildman–Crippen LogP) is 3.71. The fourth-order valence-electron chi connectivity index (χ4n) is 4.33. The van der Waals surface area contributed by atoms with E-state index in [-0.39, 0.29) is 17.8 Å². The Hall–Kier alpha value is -1.32. The molecule has 0 amide bonds. The lowest BCUT2D eigenvalue weighted by Gasteiger charge is -2.52. The minimum Gasteiger partial charge on any atom is -0.481 e. The molecule has 0 bridgehead atoms. The first-order valence-electron chi connectivity index (χ1n) is 7.87. The second-order valence-corrected chi connectivity index (χ2v) is 7.26. The monoisotopic (exact) mass is 294 g/mol. The van der Waals surface area contributed by atoms with Crippen LogP contribution in [0.25, 0.3) is 0 Å². The fourth-order valence-corrected chi connectivity index (χ4v) is 4.33. The van der Waals surface area contributed by atoms with Crippen LogP contribution in [0.5, 0.6) is 0 Å². The third-order valence-electron chi connectivity index (χ3n) is 6.15. The van der Waals surface area contributed by atoms with Crippen molar-refractivity contribution in [3.63, 3.8) is 0 Å². The minimum atomic E-state index is -0.775. The van der Waals surface area contributed by atoms with E-state index >= 15 is 0 Å². The highest BCUT2D eigenvalue weighted by molar-refractivity contribution is 5.75. The zero-order valence-corrected chi connectivity index (χ0v) is 13.2. The van der Waals surface area contributed by atoms with Gasteiger partial charge < -0.3 is 10.2 Å². The average molecular weight is 294 g/mol. The standard InChI is InChI=1S/C17H26O4/c1-11-6-7-13-12(16(11,2)10-8-14(18)19)5-4-9-17(13,3)15(20)21/h5,11,13H,4,6-10H2,1-3H3,(H,18,19)(H,20,21). The lowest BCUT2D eigenvalue weighted by molar-refractivity contribution is -0.153. The number of aliphatic carboxylic acids is 2. The quantitative estimate of drug-likeness (QED) is 0.775. The van der Waals surface area contributed by atoms with Gasteiger partial charge in [-0.15, -0.1) is 0 Å². The largest absolute Gasteiger partial charge is 0.481 e. The van der Waals surface area contributed by atoms with Crippen molar-refractivity contribution in [3.8, 4) is 0 Å². The molecule has 0 saturated heterocycles. The Kier molecular flexibility index (Phi) is 4.18. The molecule has 0 heterocycles. The van der Waals surface area contributed by atoms with Gasteiger partial charge in [-0.2, -0.15) is 0 Å². The van der Waals surface area contributed by atoms with Gasteiger partial charge in [-0.25, -0.2) is 0 Å². The van der Waals surface area contributed by atoms with Crippen molar-refractivity contribution in [2.75, 3.05) is 0 Å². The normalized spacial score (nSPS) is 39.3. The zero-order valence-electron chi connectivity index (χ0n) is 13.2. The Balaban J connectivity index is 2.36.